The Morgan fingerprint density at radius 2 is 2.04 bits per heavy atom. The zero-order valence-corrected chi connectivity index (χ0v) is 14.5. The predicted molar refractivity (Wildman–Crippen MR) is 85.2 cm³/mol. The SMILES string of the molecule is CC1=CS[C@](OCC(F)(F)F)(c2ccc(Br)cc2)c2noc(=O)n21. The van der Waals surface area contributed by atoms with Crippen LogP contribution in [-0.2, 0) is 9.67 Å². The van der Waals surface area contributed by atoms with E-state index in [4.69, 9.17) is 4.74 Å². The molecule has 0 N–H and O–H groups in total. The second kappa shape index (κ2) is 6.08. The molecular weight excluding hydrogens is 413 g/mol. The molecule has 0 radical (unpaired) electrons. The fourth-order valence-electron chi connectivity index (χ4n) is 2.27. The highest BCUT2D eigenvalue weighted by atomic mass is 79.9. The number of fused-ring (bicyclic) bond motifs is 1. The molecule has 2 heterocycles. The Morgan fingerprint density at radius 1 is 1.38 bits per heavy atom. The number of alkyl halides is 3. The molecule has 0 saturated carbocycles. The number of halogens is 4. The second-order valence-corrected chi connectivity index (χ2v) is 6.97. The van der Waals surface area contributed by atoms with E-state index >= 15 is 0 Å². The minimum atomic E-state index is -4.53. The summed E-state index contributed by atoms with van der Waals surface area (Å²) in [6.07, 6.45) is -4.53. The third-order valence-corrected chi connectivity index (χ3v) is 5.17. The van der Waals surface area contributed by atoms with Crippen molar-refractivity contribution in [1.82, 2.24) is 9.72 Å². The minimum Gasteiger partial charge on any atom is -0.343 e. The maximum atomic E-state index is 12.7. The molecule has 1 aliphatic rings. The van der Waals surface area contributed by atoms with Crippen LogP contribution in [0.5, 0.6) is 0 Å². The van der Waals surface area contributed by atoms with E-state index in [-0.39, 0.29) is 5.82 Å². The molecule has 10 heteroatoms. The molecular formula is C14H10BrF3N2O3S. The van der Waals surface area contributed by atoms with Gasteiger partial charge in [0.05, 0.1) is 0 Å². The van der Waals surface area contributed by atoms with Gasteiger partial charge in [0.1, 0.15) is 6.61 Å². The highest BCUT2D eigenvalue weighted by Crippen LogP contribution is 2.48. The summed E-state index contributed by atoms with van der Waals surface area (Å²) in [7, 11) is 0. The lowest BCUT2D eigenvalue weighted by atomic mass is 10.1. The Hall–Kier alpha value is -1.52. The highest BCUT2D eigenvalue weighted by molar-refractivity contribution is 9.10. The largest absolute Gasteiger partial charge is 0.446 e. The maximum absolute atomic E-state index is 12.7. The lowest BCUT2D eigenvalue weighted by Gasteiger charge is -2.34. The fourth-order valence-corrected chi connectivity index (χ4v) is 3.61. The number of nitrogens with zero attached hydrogens (tertiary/aromatic N) is 2. The van der Waals surface area contributed by atoms with Gasteiger partial charge in [0.15, 0.2) is 0 Å². The van der Waals surface area contributed by atoms with Crippen molar-refractivity contribution in [2.75, 3.05) is 6.61 Å². The summed E-state index contributed by atoms with van der Waals surface area (Å²) in [6.45, 7) is 0.133. The quantitative estimate of drug-likeness (QED) is 0.749. The van der Waals surface area contributed by atoms with E-state index in [0.717, 1.165) is 20.8 Å². The molecule has 1 aliphatic heterocycles. The van der Waals surface area contributed by atoms with E-state index in [1.54, 1.807) is 36.6 Å². The van der Waals surface area contributed by atoms with Crippen molar-refractivity contribution in [1.29, 1.82) is 0 Å². The first-order valence-corrected chi connectivity index (χ1v) is 8.31. The van der Waals surface area contributed by atoms with Crippen molar-refractivity contribution in [3.63, 3.8) is 0 Å². The molecule has 0 unspecified atom stereocenters. The van der Waals surface area contributed by atoms with Crippen LogP contribution in [0, 0.1) is 0 Å². The predicted octanol–water partition coefficient (Wildman–Crippen LogP) is 3.94. The van der Waals surface area contributed by atoms with Crippen LogP contribution in [0.3, 0.4) is 0 Å². The van der Waals surface area contributed by atoms with Crippen molar-refractivity contribution >= 4 is 33.4 Å². The summed E-state index contributed by atoms with van der Waals surface area (Å²) in [4.78, 5) is 10.2. The first-order valence-electron chi connectivity index (χ1n) is 6.64. The number of allylic oxidation sites excluding steroid dienone is 1. The Labute approximate surface area is 146 Å². The summed E-state index contributed by atoms with van der Waals surface area (Å²) in [6, 6.07) is 6.54. The smallest absolute Gasteiger partial charge is 0.343 e. The maximum Gasteiger partial charge on any atom is 0.446 e. The Bertz CT molecular complexity index is 844. The minimum absolute atomic E-state index is 0.0379. The van der Waals surface area contributed by atoms with Crippen LogP contribution in [0.4, 0.5) is 13.2 Å². The summed E-state index contributed by atoms with van der Waals surface area (Å²) in [5.41, 5.74) is 0.898. The average molecular weight is 423 g/mol. The number of aromatic nitrogens is 2. The van der Waals surface area contributed by atoms with Crippen LogP contribution < -0.4 is 5.76 Å². The van der Waals surface area contributed by atoms with Gasteiger partial charge < -0.3 is 4.74 Å². The van der Waals surface area contributed by atoms with Gasteiger partial charge in [-0.05, 0) is 24.5 Å². The van der Waals surface area contributed by atoms with Gasteiger partial charge in [-0.3, -0.25) is 4.52 Å². The first kappa shape index (κ1) is 17.3. The van der Waals surface area contributed by atoms with Crippen LogP contribution in [0.2, 0.25) is 0 Å². The number of benzene rings is 1. The molecule has 24 heavy (non-hydrogen) atoms. The highest BCUT2D eigenvalue weighted by Gasteiger charge is 2.47. The molecule has 1 aromatic carbocycles. The lowest BCUT2D eigenvalue weighted by molar-refractivity contribution is -0.188. The first-order chi connectivity index (χ1) is 11.2. The van der Waals surface area contributed by atoms with Crippen molar-refractivity contribution in [2.45, 2.75) is 18.0 Å². The van der Waals surface area contributed by atoms with E-state index in [9.17, 15) is 18.0 Å². The van der Waals surface area contributed by atoms with Crippen molar-refractivity contribution in [2.24, 2.45) is 0 Å². The molecule has 0 spiro atoms. The fraction of sp³-hybridized carbons (Fsp3) is 0.286. The van der Waals surface area contributed by atoms with Crippen molar-refractivity contribution in [3.8, 4) is 0 Å². The van der Waals surface area contributed by atoms with Crippen LogP contribution in [-0.4, -0.2) is 22.5 Å². The van der Waals surface area contributed by atoms with E-state index in [0.29, 0.717) is 11.3 Å². The van der Waals surface area contributed by atoms with E-state index in [1.165, 1.54) is 0 Å². The lowest BCUT2D eigenvalue weighted by Crippen LogP contribution is -2.37. The average Bonchev–Trinajstić information content (AvgIpc) is 2.91. The summed E-state index contributed by atoms with van der Waals surface area (Å²) < 4.78 is 50.0. The summed E-state index contributed by atoms with van der Waals surface area (Å²) in [5, 5.41) is 5.22. The van der Waals surface area contributed by atoms with Gasteiger partial charge in [-0.25, -0.2) is 9.36 Å². The standard InChI is InChI=1S/C14H10BrF3N2O3S/c1-8-6-24-14(22-7-13(16,17)18,9-2-4-10(15)5-3-9)11-19-23-12(21)20(8)11/h2-6H,7H2,1H3/t14-/m1/s1. The molecule has 0 amide bonds. The van der Waals surface area contributed by atoms with Gasteiger partial charge in [0, 0.05) is 15.7 Å². The van der Waals surface area contributed by atoms with Gasteiger partial charge in [0.25, 0.3) is 0 Å². The molecule has 0 saturated heterocycles. The van der Waals surface area contributed by atoms with Crippen LogP contribution >= 0.6 is 27.7 Å². The molecule has 1 atom stereocenters. The molecule has 5 nitrogen and oxygen atoms in total. The second-order valence-electron chi connectivity index (χ2n) is 5.01. The van der Waals surface area contributed by atoms with E-state index in [2.05, 4.69) is 25.6 Å². The molecule has 3 rings (SSSR count). The molecule has 1 aromatic heterocycles. The van der Waals surface area contributed by atoms with E-state index in [1.807, 2.05) is 0 Å². The number of hydrogen-bond donors (Lipinski definition) is 0. The Kier molecular flexibility index (Phi) is 4.39. The van der Waals surface area contributed by atoms with Crippen LogP contribution in [0.25, 0.3) is 5.70 Å². The van der Waals surface area contributed by atoms with Gasteiger partial charge in [-0.1, -0.05) is 45.0 Å². The number of ether oxygens (including phenoxy) is 1. The van der Waals surface area contributed by atoms with Crippen LogP contribution in [0.1, 0.15) is 18.3 Å². The topological polar surface area (TPSA) is 57.3 Å². The number of hydrogen-bond acceptors (Lipinski definition) is 5. The van der Waals surface area contributed by atoms with E-state index < -0.39 is 23.5 Å². The molecule has 0 fully saturated rings. The monoisotopic (exact) mass is 422 g/mol. The zero-order chi connectivity index (χ0) is 17.5. The van der Waals surface area contributed by atoms with Gasteiger partial charge >= 0.3 is 11.9 Å². The molecule has 0 bridgehead atoms. The molecule has 0 aliphatic carbocycles. The normalized spacial score (nSPS) is 20.6. The summed E-state index contributed by atoms with van der Waals surface area (Å²) in [5.74, 6) is -0.819. The Balaban J connectivity index is 2.17. The Morgan fingerprint density at radius 3 is 2.67 bits per heavy atom. The number of thioether (sulfide) groups is 1. The van der Waals surface area contributed by atoms with Gasteiger partial charge in [0.2, 0.25) is 10.8 Å². The molecule has 128 valence electrons. The third-order valence-electron chi connectivity index (χ3n) is 3.31. The third kappa shape index (κ3) is 3.05. The number of rotatable bonds is 3. The van der Waals surface area contributed by atoms with Crippen molar-refractivity contribution < 1.29 is 22.4 Å². The van der Waals surface area contributed by atoms with Crippen LogP contribution in [0.15, 0.2) is 43.5 Å². The summed E-state index contributed by atoms with van der Waals surface area (Å²) >= 11 is 4.27. The molecule has 2 aromatic rings. The van der Waals surface area contributed by atoms with Gasteiger partial charge in [-0.2, -0.15) is 13.2 Å². The van der Waals surface area contributed by atoms with Gasteiger partial charge in [-0.15, -0.1) is 0 Å². The van der Waals surface area contributed by atoms with Crippen molar-refractivity contribution in [3.05, 3.63) is 56.1 Å². The zero-order valence-electron chi connectivity index (χ0n) is 12.1.